The van der Waals surface area contributed by atoms with Crippen molar-refractivity contribution in [2.75, 3.05) is 29.9 Å². The SMILES string of the molecule is CC1=NNC(=O)[C@@H]1CCNC(=O)Nc1cc(F)cc(N2CCCC2)c1. The van der Waals surface area contributed by atoms with E-state index in [0.717, 1.165) is 31.6 Å². The Kier molecular flexibility index (Phi) is 5.16. The van der Waals surface area contributed by atoms with Crippen LogP contribution in [0.3, 0.4) is 0 Å². The first-order valence-corrected chi connectivity index (χ1v) is 8.47. The number of carbonyl (C=O) groups is 2. The number of urea groups is 1. The maximum atomic E-state index is 13.8. The molecule has 1 aromatic rings. The van der Waals surface area contributed by atoms with E-state index in [-0.39, 0.29) is 17.6 Å². The van der Waals surface area contributed by atoms with Gasteiger partial charge < -0.3 is 15.5 Å². The molecule has 25 heavy (non-hydrogen) atoms. The van der Waals surface area contributed by atoms with Crippen molar-refractivity contribution in [1.82, 2.24) is 10.7 Å². The van der Waals surface area contributed by atoms with Crippen LogP contribution < -0.4 is 21.0 Å². The molecule has 0 bridgehead atoms. The standard InChI is InChI=1S/C17H22FN5O2/c1-11-15(16(24)22-21-11)4-5-19-17(25)20-13-8-12(18)9-14(10-13)23-6-2-3-7-23/h8-10,15H,2-7H2,1H3,(H,22,24)(H2,19,20,25)/t15-/m1/s1. The minimum Gasteiger partial charge on any atom is -0.371 e. The zero-order valence-corrected chi connectivity index (χ0v) is 14.1. The Hall–Kier alpha value is -2.64. The maximum absolute atomic E-state index is 13.8. The third kappa shape index (κ3) is 4.26. The Morgan fingerprint density at radius 2 is 2.12 bits per heavy atom. The number of hydrazone groups is 1. The number of nitrogens with zero attached hydrogens (tertiary/aromatic N) is 2. The summed E-state index contributed by atoms with van der Waals surface area (Å²) in [6.07, 6.45) is 2.66. The Balaban J connectivity index is 1.52. The summed E-state index contributed by atoms with van der Waals surface area (Å²) in [6.45, 7) is 3.90. The molecule has 0 spiro atoms. The van der Waals surface area contributed by atoms with E-state index in [4.69, 9.17) is 0 Å². The van der Waals surface area contributed by atoms with Crippen LogP contribution in [0.2, 0.25) is 0 Å². The molecule has 1 aromatic carbocycles. The zero-order chi connectivity index (χ0) is 17.8. The van der Waals surface area contributed by atoms with Crippen molar-refractivity contribution in [3.05, 3.63) is 24.0 Å². The molecule has 1 fully saturated rings. The summed E-state index contributed by atoms with van der Waals surface area (Å²) in [5, 5.41) is 9.20. The molecular formula is C17H22FN5O2. The minimum absolute atomic E-state index is 0.153. The van der Waals surface area contributed by atoms with Crippen LogP contribution in [0.5, 0.6) is 0 Å². The number of hydrogen-bond acceptors (Lipinski definition) is 4. The number of carbonyl (C=O) groups excluding carboxylic acids is 2. The van der Waals surface area contributed by atoms with E-state index < -0.39 is 6.03 Å². The third-order valence-electron chi connectivity index (χ3n) is 4.49. The number of nitrogens with one attached hydrogen (secondary N) is 3. The zero-order valence-electron chi connectivity index (χ0n) is 14.1. The molecule has 7 nitrogen and oxygen atoms in total. The second-order valence-corrected chi connectivity index (χ2v) is 6.34. The fraction of sp³-hybridized carbons (Fsp3) is 0.471. The highest BCUT2D eigenvalue weighted by Gasteiger charge is 2.26. The highest BCUT2D eigenvalue weighted by atomic mass is 19.1. The number of rotatable bonds is 5. The molecule has 3 rings (SSSR count). The second kappa shape index (κ2) is 7.50. The average Bonchev–Trinajstić information content (AvgIpc) is 3.19. The van der Waals surface area contributed by atoms with Gasteiger partial charge in [0, 0.05) is 36.7 Å². The summed E-state index contributed by atoms with van der Waals surface area (Å²) in [7, 11) is 0. The molecular weight excluding hydrogens is 325 g/mol. The lowest BCUT2D eigenvalue weighted by molar-refractivity contribution is -0.122. The molecule has 0 aromatic heterocycles. The molecule has 0 radical (unpaired) electrons. The van der Waals surface area contributed by atoms with Crippen LogP contribution in [0.25, 0.3) is 0 Å². The number of amides is 3. The first-order valence-electron chi connectivity index (χ1n) is 8.47. The Bertz CT molecular complexity index is 700. The predicted octanol–water partition coefficient (Wildman–Crippen LogP) is 2.06. The minimum atomic E-state index is -0.425. The summed E-state index contributed by atoms with van der Waals surface area (Å²) in [6, 6.07) is 4.12. The second-order valence-electron chi connectivity index (χ2n) is 6.34. The van der Waals surface area contributed by atoms with Gasteiger partial charge in [-0.25, -0.2) is 14.6 Å². The van der Waals surface area contributed by atoms with E-state index in [1.54, 1.807) is 13.0 Å². The predicted molar refractivity (Wildman–Crippen MR) is 94.2 cm³/mol. The first-order chi connectivity index (χ1) is 12.0. The van der Waals surface area contributed by atoms with Gasteiger partial charge in [-0.15, -0.1) is 0 Å². The molecule has 0 saturated carbocycles. The summed E-state index contributed by atoms with van der Waals surface area (Å²) in [4.78, 5) is 25.7. The topological polar surface area (TPSA) is 85.8 Å². The summed E-state index contributed by atoms with van der Waals surface area (Å²) < 4.78 is 13.8. The van der Waals surface area contributed by atoms with Crippen LogP contribution in [0, 0.1) is 11.7 Å². The van der Waals surface area contributed by atoms with E-state index in [2.05, 4.69) is 26.1 Å². The van der Waals surface area contributed by atoms with Crippen molar-refractivity contribution in [1.29, 1.82) is 0 Å². The molecule has 2 heterocycles. The molecule has 0 unspecified atom stereocenters. The van der Waals surface area contributed by atoms with Crippen molar-refractivity contribution in [2.24, 2.45) is 11.0 Å². The molecule has 3 N–H and O–H groups in total. The largest absolute Gasteiger partial charge is 0.371 e. The number of halogens is 1. The van der Waals surface area contributed by atoms with Crippen molar-refractivity contribution < 1.29 is 14.0 Å². The van der Waals surface area contributed by atoms with E-state index in [9.17, 15) is 14.0 Å². The summed E-state index contributed by atoms with van der Waals surface area (Å²) >= 11 is 0. The lowest BCUT2D eigenvalue weighted by Gasteiger charge is -2.19. The molecule has 1 saturated heterocycles. The van der Waals surface area contributed by atoms with Crippen molar-refractivity contribution in [3.63, 3.8) is 0 Å². The Labute approximate surface area is 145 Å². The summed E-state index contributed by atoms with van der Waals surface area (Å²) in [5.74, 6) is -0.842. The Morgan fingerprint density at radius 3 is 2.80 bits per heavy atom. The van der Waals surface area contributed by atoms with E-state index >= 15 is 0 Å². The Morgan fingerprint density at radius 1 is 1.36 bits per heavy atom. The smallest absolute Gasteiger partial charge is 0.319 e. The van der Waals surface area contributed by atoms with Gasteiger partial charge in [0.1, 0.15) is 5.82 Å². The molecule has 2 aliphatic rings. The van der Waals surface area contributed by atoms with E-state index in [1.165, 1.54) is 12.1 Å². The van der Waals surface area contributed by atoms with Gasteiger partial charge in [0.25, 0.3) is 0 Å². The molecule has 134 valence electrons. The first kappa shape index (κ1) is 17.2. The van der Waals surface area contributed by atoms with Gasteiger partial charge in [0.2, 0.25) is 5.91 Å². The van der Waals surface area contributed by atoms with Gasteiger partial charge >= 0.3 is 6.03 Å². The fourth-order valence-corrected chi connectivity index (χ4v) is 3.14. The fourth-order valence-electron chi connectivity index (χ4n) is 3.14. The van der Waals surface area contributed by atoms with Gasteiger partial charge in [-0.1, -0.05) is 0 Å². The molecule has 3 amide bonds. The van der Waals surface area contributed by atoms with Crippen LogP contribution >= 0.6 is 0 Å². The quantitative estimate of drug-likeness (QED) is 0.762. The van der Waals surface area contributed by atoms with Gasteiger partial charge in [-0.3, -0.25) is 4.79 Å². The lowest BCUT2D eigenvalue weighted by Crippen LogP contribution is -2.33. The number of hydrogen-bond donors (Lipinski definition) is 3. The number of anilines is 2. The number of benzene rings is 1. The highest BCUT2D eigenvalue weighted by molar-refractivity contribution is 6.06. The van der Waals surface area contributed by atoms with Crippen LogP contribution in [-0.2, 0) is 4.79 Å². The van der Waals surface area contributed by atoms with Crippen LogP contribution in [-0.4, -0.2) is 37.3 Å². The van der Waals surface area contributed by atoms with Gasteiger partial charge in [0.15, 0.2) is 0 Å². The molecule has 8 heteroatoms. The third-order valence-corrected chi connectivity index (χ3v) is 4.49. The van der Waals surface area contributed by atoms with Crippen LogP contribution in [0.1, 0.15) is 26.2 Å². The van der Waals surface area contributed by atoms with Gasteiger partial charge in [0.05, 0.1) is 5.92 Å². The normalized spacial score (nSPS) is 19.6. The van der Waals surface area contributed by atoms with Crippen molar-refractivity contribution in [3.8, 4) is 0 Å². The average molecular weight is 347 g/mol. The monoisotopic (exact) mass is 347 g/mol. The van der Waals surface area contributed by atoms with Gasteiger partial charge in [-0.2, -0.15) is 5.10 Å². The maximum Gasteiger partial charge on any atom is 0.319 e. The molecule has 0 aliphatic carbocycles. The molecule has 1 atom stereocenters. The van der Waals surface area contributed by atoms with E-state index in [0.29, 0.717) is 24.4 Å². The van der Waals surface area contributed by atoms with Gasteiger partial charge in [-0.05, 0) is 44.4 Å². The van der Waals surface area contributed by atoms with Crippen molar-refractivity contribution in [2.45, 2.75) is 26.2 Å². The van der Waals surface area contributed by atoms with Crippen LogP contribution in [0.4, 0.5) is 20.6 Å². The van der Waals surface area contributed by atoms with Crippen LogP contribution in [0.15, 0.2) is 23.3 Å². The summed E-state index contributed by atoms with van der Waals surface area (Å²) in [5.41, 5.74) is 4.32. The van der Waals surface area contributed by atoms with E-state index in [1.807, 2.05) is 0 Å². The lowest BCUT2D eigenvalue weighted by atomic mass is 10.0. The highest BCUT2D eigenvalue weighted by Crippen LogP contribution is 2.25. The molecule has 2 aliphatic heterocycles. The van der Waals surface area contributed by atoms with Crippen molar-refractivity contribution >= 4 is 29.0 Å².